The van der Waals surface area contributed by atoms with E-state index in [4.69, 9.17) is 0 Å². The Hall–Kier alpha value is -1.36. The molecule has 5 heteroatoms. The lowest BCUT2D eigenvalue weighted by Crippen LogP contribution is -2.29. The standard InChI is InChI=1S/C14H25N3O2/c1-9(2)6-12(14(18)19)7-15-8-13-10(3)16-17(5)11(13)4/h9,12,15H,6-8H2,1-5H3,(H,18,19). The van der Waals surface area contributed by atoms with E-state index < -0.39 is 5.97 Å². The zero-order valence-electron chi connectivity index (χ0n) is 12.5. The van der Waals surface area contributed by atoms with Crippen LogP contribution in [0.5, 0.6) is 0 Å². The summed E-state index contributed by atoms with van der Waals surface area (Å²) in [5.41, 5.74) is 3.29. The first-order chi connectivity index (χ1) is 8.82. The molecule has 0 saturated carbocycles. The molecule has 19 heavy (non-hydrogen) atoms. The molecule has 0 aliphatic rings. The van der Waals surface area contributed by atoms with Gasteiger partial charge in [-0.15, -0.1) is 0 Å². The molecule has 5 nitrogen and oxygen atoms in total. The van der Waals surface area contributed by atoms with Crippen molar-refractivity contribution >= 4 is 5.97 Å². The second-order valence-electron chi connectivity index (χ2n) is 5.57. The Morgan fingerprint density at radius 2 is 2.05 bits per heavy atom. The zero-order valence-corrected chi connectivity index (χ0v) is 12.5. The van der Waals surface area contributed by atoms with Crippen LogP contribution >= 0.6 is 0 Å². The van der Waals surface area contributed by atoms with Gasteiger partial charge in [-0.1, -0.05) is 13.8 Å². The Morgan fingerprint density at radius 1 is 1.42 bits per heavy atom. The third kappa shape index (κ3) is 4.35. The van der Waals surface area contributed by atoms with Crippen molar-refractivity contribution < 1.29 is 9.90 Å². The minimum atomic E-state index is -0.721. The highest BCUT2D eigenvalue weighted by atomic mass is 16.4. The van der Waals surface area contributed by atoms with Gasteiger partial charge in [0, 0.05) is 31.4 Å². The molecule has 0 aliphatic carbocycles. The van der Waals surface area contributed by atoms with Crippen LogP contribution in [0.25, 0.3) is 0 Å². The summed E-state index contributed by atoms with van der Waals surface area (Å²) in [7, 11) is 1.92. The number of carboxylic acids is 1. The van der Waals surface area contributed by atoms with Gasteiger partial charge in [-0.25, -0.2) is 0 Å². The first-order valence-corrected chi connectivity index (χ1v) is 6.75. The van der Waals surface area contributed by atoms with Crippen molar-refractivity contribution in [1.82, 2.24) is 15.1 Å². The lowest BCUT2D eigenvalue weighted by molar-refractivity contribution is -0.142. The molecule has 0 amide bonds. The van der Waals surface area contributed by atoms with Crippen LogP contribution < -0.4 is 5.32 Å². The van der Waals surface area contributed by atoms with E-state index in [2.05, 4.69) is 10.4 Å². The summed E-state index contributed by atoms with van der Waals surface area (Å²) in [6, 6.07) is 0. The summed E-state index contributed by atoms with van der Waals surface area (Å²) in [5, 5.41) is 16.8. The number of rotatable bonds is 7. The highest BCUT2D eigenvalue weighted by Gasteiger charge is 2.19. The van der Waals surface area contributed by atoms with Crippen molar-refractivity contribution in [2.75, 3.05) is 6.54 Å². The number of hydrogen-bond acceptors (Lipinski definition) is 3. The Kier molecular flexibility index (Phi) is 5.54. The maximum absolute atomic E-state index is 11.2. The van der Waals surface area contributed by atoms with Crippen molar-refractivity contribution in [2.24, 2.45) is 18.9 Å². The molecule has 0 fully saturated rings. The molecule has 0 saturated heterocycles. The summed E-state index contributed by atoms with van der Waals surface area (Å²) in [5.74, 6) is -0.650. The van der Waals surface area contributed by atoms with Crippen LogP contribution in [0.4, 0.5) is 0 Å². The number of aryl methyl sites for hydroxylation is 2. The third-order valence-electron chi connectivity index (χ3n) is 3.46. The van der Waals surface area contributed by atoms with Crippen molar-refractivity contribution in [3.63, 3.8) is 0 Å². The first kappa shape index (κ1) is 15.7. The molecular weight excluding hydrogens is 242 g/mol. The summed E-state index contributed by atoms with van der Waals surface area (Å²) >= 11 is 0. The monoisotopic (exact) mass is 267 g/mol. The Labute approximate surface area is 115 Å². The van der Waals surface area contributed by atoms with Crippen LogP contribution in [0.1, 0.15) is 37.2 Å². The maximum atomic E-state index is 11.2. The molecule has 108 valence electrons. The van der Waals surface area contributed by atoms with Gasteiger partial charge in [-0.2, -0.15) is 5.10 Å². The molecule has 1 heterocycles. The van der Waals surface area contributed by atoms with Gasteiger partial charge in [-0.05, 0) is 26.2 Å². The van der Waals surface area contributed by atoms with Crippen molar-refractivity contribution in [3.8, 4) is 0 Å². The molecular formula is C14H25N3O2. The van der Waals surface area contributed by atoms with E-state index in [1.54, 1.807) is 0 Å². The van der Waals surface area contributed by atoms with Gasteiger partial charge in [0.15, 0.2) is 0 Å². The van der Waals surface area contributed by atoms with Crippen LogP contribution in [-0.4, -0.2) is 27.4 Å². The molecule has 1 aromatic rings. The topological polar surface area (TPSA) is 67.2 Å². The lowest BCUT2D eigenvalue weighted by Gasteiger charge is -2.15. The minimum Gasteiger partial charge on any atom is -0.481 e. The van der Waals surface area contributed by atoms with Gasteiger partial charge in [-0.3, -0.25) is 9.48 Å². The van der Waals surface area contributed by atoms with Crippen molar-refractivity contribution in [1.29, 1.82) is 0 Å². The molecule has 0 bridgehead atoms. The Balaban J connectivity index is 2.54. The third-order valence-corrected chi connectivity index (χ3v) is 3.46. The molecule has 0 aromatic carbocycles. The largest absolute Gasteiger partial charge is 0.481 e. The summed E-state index contributed by atoms with van der Waals surface area (Å²) in [4.78, 5) is 11.2. The van der Waals surface area contributed by atoms with Gasteiger partial charge in [0.2, 0.25) is 0 Å². The van der Waals surface area contributed by atoms with E-state index in [9.17, 15) is 9.90 Å². The summed E-state index contributed by atoms with van der Waals surface area (Å²) in [6.45, 7) is 9.28. The number of aromatic nitrogens is 2. The first-order valence-electron chi connectivity index (χ1n) is 6.75. The smallest absolute Gasteiger partial charge is 0.307 e. The quantitative estimate of drug-likeness (QED) is 0.791. The second-order valence-corrected chi connectivity index (χ2v) is 5.57. The number of nitrogens with zero attached hydrogens (tertiary/aromatic N) is 2. The average Bonchev–Trinajstić information content (AvgIpc) is 2.53. The fourth-order valence-corrected chi connectivity index (χ4v) is 2.29. The van der Waals surface area contributed by atoms with Gasteiger partial charge in [0.25, 0.3) is 0 Å². The van der Waals surface area contributed by atoms with Gasteiger partial charge in [0.1, 0.15) is 0 Å². The molecule has 0 spiro atoms. The predicted octanol–water partition coefficient (Wildman–Crippen LogP) is 1.87. The van der Waals surface area contributed by atoms with Crippen LogP contribution in [0, 0.1) is 25.7 Å². The van der Waals surface area contributed by atoms with E-state index >= 15 is 0 Å². The number of hydrogen-bond donors (Lipinski definition) is 2. The molecule has 1 aromatic heterocycles. The summed E-state index contributed by atoms with van der Waals surface area (Å²) in [6.07, 6.45) is 0.702. The summed E-state index contributed by atoms with van der Waals surface area (Å²) < 4.78 is 1.86. The van der Waals surface area contributed by atoms with Gasteiger partial charge in [0.05, 0.1) is 11.6 Å². The molecule has 0 radical (unpaired) electrons. The van der Waals surface area contributed by atoms with E-state index in [-0.39, 0.29) is 5.92 Å². The van der Waals surface area contributed by atoms with Crippen LogP contribution in [0.2, 0.25) is 0 Å². The highest BCUT2D eigenvalue weighted by molar-refractivity contribution is 5.70. The molecule has 1 rings (SSSR count). The van der Waals surface area contributed by atoms with E-state index in [1.807, 2.05) is 39.4 Å². The van der Waals surface area contributed by atoms with Crippen molar-refractivity contribution in [3.05, 3.63) is 17.0 Å². The second kappa shape index (κ2) is 6.70. The average molecular weight is 267 g/mol. The van der Waals surface area contributed by atoms with Crippen LogP contribution in [0.15, 0.2) is 0 Å². The lowest BCUT2D eigenvalue weighted by atomic mass is 9.97. The maximum Gasteiger partial charge on any atom is 0.307 e. The van der Waals surface area contributed by atoms with E-state index in [1.165, 1.54) is 0 Å². The van der Waals surface area contributed by atoms with E-state index in [0.717, 1.165) is 17.0 Å². The molecule has 2 N–H and O–H groups in total. The molecule has 1 unspecified atom stereocenters. The minimum absolute atomic E-state index is 0.322. The molecule has 0 aliphatic heterocycles. The predicted molar refractivity (Wildman–Crippen MR) is 75.0 cm³/mol. The van der Waals surface area contributed by atoms with Gasteiger partial charge >= 0.3 is 5.97 Å². The highest BCUT2D eigenvalue weighted by Crippen LogP contribution is 2.13. The SMILES string of the molecule is Cc1nn(C)c(C)c1CNCC(CC(C)C)C(=O)O. The number of aliphatic carboxylic acids is 1. The van der Waals surface area contributed by atoms with Crippen LogP contribution in [0.3, 0.4) is 0 Å². The fourth-order valence-electron chi connectivity index (χ4n) is 2.29. The van der Waals surface area contributed by atoms with Crippen LogP contribution in [-0.2, 0) is 18.4 Å². The van der Waals surface area contributed by atoms with E-state index in [0.29, 0.717) is 25.4 Å². The number of nitrogens with one attached hydrogen (secondary N) is 1. The van der Waals surface area contributed by atoms with Crippen molar-refractivity contribution in [2.45, 2.75) is 40.7 Å². The van der Waals surface area contributed by atoms with Gasteiger partial charge < -0.3 is 10.4 Å². The Bertz CT molecular complexity index is 438. The Morgan fingerprint density at radius 3 is 2.47 bits per heavy atom. The number of carbonyl (C=O) groups is 1. The number of carboxylic acid groups (broad SMARTS) is 1. The fraction of sp³-hybridized carbons (Fsp3) is 0.714. The normalized spacial score (nSPS) is 12.9. The molecule has 1 atom stereocenters. The zero-order chi connectivity index (χ0) is 14.6.